The molecule has 4 rings (SSSR count). The zero-order chi connectivity index (χ0) is 21.3. The molecule has 156 valence electrons. The summed E-state index contributed by atoms with van der Waals surface area (Å²) in [5, 5.41) is 4.15. The molecule has 1 saturated heterocycles. The molecule has 30 heavy (non-hydrogen) atoms. The van der Waals surface area contributed by atoms with E-state index in [0.717, 1.165) is 12.0 Å². The van der Waals surface area contributed by atoms with Crippen molar-refractivity contribution in [2.24, 2.45) is 0 Å². The van der Waals surface area contributed by atoms with E-state index in [9.17, 15) is 14.0 Å². The third-order valence-corrected chi connectivity index (χ3v) is 5.51. The largest absolute Gasteiger partial charge is 0.443 e. The molecule has 0 aliphatic carbocycles. The SMILES string of the molecule is Cc1ccc(=O)n(CC(=O)N2CCCC2(C)c2ncc(Cc3cccc(F)c3)o2)n1. The summed E-state index contributed by atoms with van der Waals surface area (Å²) >= 11 is 0. The van der Waals surface area contributed by atoms with E-state index in [0.29, 0.717) is 36.7 Å². The Morgan fingerprint density at radius 3 is 2.93 bits per heavy atom. The minimum absolute atomic E-state index is 0.132. The number of amides is 1. The lowest BCUT2D eigenvalue weighted by Gasteiger charge is -2.32. The Kier molecular flexibility index (Phi) is 5.24. The summed E-state index contributed by atoms with van der Waals surface area (Å²) in [6.45, 7) is 4.11. The maximum Gasteiger partial charge on any atom is 0.267 e. The van der Waals surface area contributed by atoms with Crippen LogP contribution in [0.25, 0.3) is 0 Å². The highest BCUT2D eigenvalue weighted by molar-refractivity contribution is 5.77. The molecule has 8 heteroatoms. The third-order valence-electron chi connectivity index (χ3n) is 5.51. The number of benzene rings is 1. The van der Waals surface area contributed by atoms with Crippen LogP contribution in [0.3, 0.4) is 0 Å². The van der Waals surface area contributed by atoms with E-state index < -0.39 is 5.54 Å². The van der Waals surface area contributed by atoms with Gasteiger partial charge in [0.15, 0.2) is 0 Å². The zero-order valence-corrected chi connectivity index (χ0v) is 17.0. The van der Waals surface area contributed by atoms with Crippen molar-refractivity contribution >= 4 is 5.91 Å². The van der Waals surface area contributed by atoms with E-state index in [1.165, 1.54) is 22.9 Å². The number of likely N-dealkylation sites (tertiary alicyclic amines) is 1. The molecule has 2 aromatic heterocycles. The van der Waals surface area contributed by atoms with E-state index in [4.69, 9.17) is 4.42 Å². The van der Waals surface area contributed by atoms with Crippen LogP contribution in [-0.4, -0.2) is 32.1 Å². The van der Waals surface area contributed by atoms with Gasteiger partial charge in [0.2, 0.25) is 11.8 Å². The van der Waals surface area contributed by atoms with Crippen molar-refractivity contribution in [2.75, 3.05) is 6.54 Å². The van der Waals surface area contributed by atoms with E-state index in [-0.39, 0.29) is 23.8 Å². The number of carbonyl (C=O) groups is 1. The van der Waals surface area contributed by atoms with Gasteiger partial charge in [-0.05, 0) is 50.5 Å². The Bertz CT molecular complexity index is 1140. The van der Waals surface area contributed by atoms with Crippen LogP contribution >= 0.6 is 0 Å². The number of hydrogen-bond acceptors (Lipinski definition) is 5. The number of aromatic nitrogens is 3. The molecule has 0 radical (unpaired) electrons. The van der Waals surface area contributed by atoms with Crippen LogP contribution < -0.4 is 5.56 Å². The molecule has 3 heterocycles. The van der Waals surface area contributed by atoms with Gasteiger partial charge in [0.25, 0.3) is 5.56 Å². The second-order valence-electron chi connectivity index (χ2n) is 7.83. The molecule has 1 atom stereocenters. The van der Waals surface area contributed by atoms with E-state index in [2.05, 4.69) is 10.1 Å². The Hall–Kier alpha value is -3.29. The molecule has 1 aliphatic heterocycles. The lowest BCUT2D eigenvalue weighted by molar-refractivity contribution is -0.136. The van der Waals surface area contributed by atoms with Gasteiger partial charge in [-0.1, -0.05) is 12.1 Å². The van der Waals surface area contributed by atoms with Crippen LogP contribution in [0.5, 0.6) is 0 Å². The highest BCUT2D eigenvalue weighted by Crippen LogP contribution is 2.38. The first-order valence-electron chi connectivity index (χ1n) is 9.90. The molecule has 0 N–H and O–H groups in total. The lowest BCUT2D eigenvalue weighted by atomic mass is 9.99. The van der Waals surface area contributed by atoms with Crippen LogP contribution in [0.1, 0.15) is 42.7 Å². The Morgan fingerprint density at radius 2 is 2.13 bits per heavy atom. The molecular weight excluding hydrogens is 387 g/mol. The van der Waals surface area contributed by atoms with Crippen molar-refractivity contribution in [3.8, 4) is 0 Å². The molecule has 0 bridgehead atoms. The minimum atomic E-state index is -0.704. The Balaban J connectivity index is 1.54. The average Bonchev–Trinajstić information content (AvgIpc) is 3.32. The summed E-state index contributed by atoms with van der Waals surface area (Å²) in [4.78, 5) is 31.2. The fourth-order valence-corrected chi connectivity index (χ4v) is 3.95. The topological polar surface area (TPSA) is 81.2 Å². The number of aryl methyl sites for hydroxylation is 1. The molecule has 1 amide bonds. The van der Waals surface area contributed by atoms with Crippen LogP contribution in [0.4, 0.5) is 4.39 Å². The summed E-state index contributed by atoms with van der Waals surface area (Å²) in [6, 6.07) is 9.36. The molecule has 3 aromatic rings. The number of nitrogens with zero attached hydrogens (tertiary/aromatic N) is 4. The molecule has 1 fully saturated rings. The van der Waals surface area contributed by atoms with Gasteiger partial charge in [0.1, 0.15) is 23.7 Å². The quantitative estimate of drug-likeness (QED) is 0.646. The van der Waals surface area contributed by atoms with Crippen molar-refractivity contribution in [2.45, 2.75) is 45.2 Å². The Labute approximate surface area is 173 Å². The van der Waals surface area contributed by atoms with Crippen molar-refractivity contribution in [3.05, 3.63) is 81.7 Å². The van der Waals surface area contributed by atoms with Crippen LogP contribution in [0.2, 0.25) is 0 Å². The summed E-state index contributed by atoms with van der Waals surface area (Å²) in [5.41, 5.74) is 0.432. The maximum absolute atomic E-state index is 13.4. The second-order valence-corrected chi connectivity index (χ2v) is 7.83. The normalized spacial score (nSPS) is 18.7. The van der Waals surface area contributed by atoms with Gasteiger partial charge in [-0.15, -0.1) is 0 Å². The van der Waals surface area contributed by atoms with Gasteiger partial charge in [0, 0.05) is 19.0 Å². The second kappa shape index (κ2) is 7.85. The van der Waals surface area contributed by atoms with Crippen LogP contribution in [0, 0.1) is 12.7 Å². The number of carbonyl (C=O) groups excluding carboxylic acids is 1. The van der Waals surface area contributed by atoms with Crippen molar-refractivity contribution < 1.29 is 13.6 Å². The summed E-state index contributed by atoms with van der Waals surface area (Å²) in [5.74, 6) is 0.545. The fraction of sp³-hybridized carbons (Fsp3) is 0.364. The molecular formula is C22H23FN4O3. The van der Waals surface area contributed by atoms with Gasteiger partial charge < -0.3 is 9.32 Å². The highest BCUT2D eigenvalue weighted by atomic mass is 19.1. The van der Waals surface area contributed by atoms with Gasteiger partial charge in [0.05, 0.1) is 11.9 Å². The predicted octanol–water partition coefficient (Wildman–Crippen LogP) is 2.81. The average molecular weight is 410 g/mol. The molecule has 7 nitrogen and oxygen atoms in total. The lowest BCUT2D eigenvalue weighted by Crippen LogP contribution is -2.45. The smallest absolute Gasteiger partial charge is 0.267 e. The monoisotopic (exact) mass is 410 g/mol. The summed E-state index contributed by atoms with van der Waals surface area (Å²) < 4.78 is 20.6. The fourth-order valence-electron chi connectivity index (χ4n) is 3.95. The first-order valence-corrected chi connectivity index (χ1v) is 9.90. The van der Waals surface area contributed by atoms with Crippen LogP contribution in [-0.2, 0) is 23.3 Å². The summed E-state index contributed by atoms with van der Waals surface area (Å²) in [6.07, 6.45) is 3.55. The first-order chi connectivity index (χ1) is 14.3. The highest BCUT2D eigenvalue weighted by Gasteiger charge is 2.44. The standard InChI is InChI=1S/C22H23FN4O3/c1-15-7-8-19(28)27(25-15)14-20(29)26-10-4-9-22(26,2)21-24-13-18(30-21)12-16-5-3-6-17(23)11-16/h3,5-8,11,13H,4,9-10,12,14H2,1-2H3. The summed E-state index contributed by atoms with van der Waals surface area (Å²) in [7, 11) is 0. The zero-order valence-electron chi connectivity index (χ0n) is 17.0. The number of oxazole rings is 1. The maximum atomic E-state index is 13.4. The van der Waals surface area contributed by atoms with Crippen LogP contribution in [0.15, 0.2) is 51.8 Å². The van der Waals surface area contributed by atoms with E-state index >= 15 is 0 Å². The Morgan fingerprint density at radius 1 is 1.30 bits per heavy atom. The number of rotatable bonds is 5. The molecule has 0 spiro atoms. The van der Waals surface area contributed by atoms with Gasteiger partial charge >= 0.3 is 0 Å². The minimum Gasteiger partial charge on any atom is -0.443 e. The molecule has 1 aliphatic rings. The molecule has 0 saturated carbocycles. The molecule has 1 unspecified atom stereocenters. The van der Waals surface area contributed by atoms with Crippen molar-refractivity contribution in [1.82, 2.24) is 19.7 Å². The van der Waals surface area contributed by atoms with E-state index in [1.54, 1.807) is 30.2 Å². The first kappa shape index (κ1) is 20.0. The van der Waals surface area contributed by atoms with Gasteiger partial charge in [-0.3, -0.25) is 9.59 Å². The van der Waals surface area contributed by atoms with Gasteiger partial charge in [-0.2, -0.15) is 5.10 Å². The van der Waals surface area contributed by atoms with Crippen molar-refractivity contribution in [1.29, 1.82) is 0 Å². The number of halogens is 1. The third kappa shape index (κ3) is 3.90. The predicted molar refractivity (Wildman–Crippen MR) is 107 cm³/mol. The number of hydrogen-bond donors (Lipinski definition) is 0. The van der Waals surface area contributed by atoms with E-state index in [1.807, 2.05) is 13.0 Å². The van der Waals surface area contributed by atoms with Gasteiger partial charge in [-0.25, -0.2) is 14.1 Å². The van der Waals surface area contributed by atoms with Crippen molar-refractivity contribution in [3.63, 3.8) is 0 Å². The molecule has 1 aromatic carbocycles.